The molecular formula is C14H30N2O. The molecule has 0 aromatic rings. The molecule has 0 spiro atoms. The van der Waals surface area contributed by atoms with Crippen LogP contribution in [0.1, 0.15) is 60.8 Å². The van der Waals surface area contributed by atoms with Gasteiger partial charge in [0.15, 0.2) is 0 Å². The Kier molecular flexibility index (Phi) is 6.17. The molecule has 0 saturated heterocycles. The van der Waals surface area contributed by atoms with E-state index in [1.165, 1.54) is 0 Å². The van der Waals surface area contributed by atoms with Crippen LogP contribution in [0.25, 0.3) is 0 Å². The molecule has 102 valence electrons. The number of nitrogens with two attached hydrogens (primary N) is 1. The van der Waals surface area contributed by atoms with E-state index in [1.54, 1.807) is 0 Å². The van der Waals surface area contributed by atoms with E-state index in [2.05, 4.69) is 39.9 Å². The van der Waals surface area contributed by atoms with Crippen LogP contribution >= 0.6 is 0 Å². The van der Waals surface area contributed by atoms with E-state index in [4.69, 9.17) is 5.73 Å². The highest BCUT2D eigenvalue weighted by Gasteiger charge is 2.28. The van der Waals surface area contributed by atoms with E-state index in [1.807, 2.05) is 6.92 Å². The summed E-state index contributed by atoms with van der Waals surface area (Å²) in [4.78, 5) is 12.0. The first-order valence-electron chi connectivity index (χ1n) is 6.59. The maximum absolute atomic E-state index is 12.0. The zero-order valence-electron chi connectivity index (χ0n) is 12.4. The molecule has 0 aliphatic rings. The Morgan fingerprint density at radius 1 is 1.24 bits per heavy atom. The third-order valence-electron chi connectivity index (χ3n) is 2.72. The molecule has 0 saturated carbocycles. The van der Waals surface area contributed by atoms with Gasteiger partial charge in [-0.2, -0.15) is 0 Å². The van der Waals surface area contributed by atoms with Gasteiger partial charge in [0.2, 0.25) is 5.91 Å². The monoisotopic (exact) mass is 242 g/mol. The highest BCUT2D eigenvalue weighted by atomic mass is 16.2. The summed E-state index contributed by atoms with van der Waals surface area (Å²) in [5.74, 6) is 0.200. The molecule has 0 rings (SSSR count). The molecule has 0 aromatic carbocycles. The molecule has 1 unspecified atom stereocenters. The van der Waals surface area contributed by atoms with Crippen molar-refractivity contribution in [2.75, 3.05) is 6.54 Å². The minimum Gasteiger partial charge on any atom is -0.351 e. The van der Waals surface area contributed by atoms with Crippen LogP contribution in [-0.2, 0) is 4.79 Å². The lowest BCUT2D eigenvalue weighted by Crippen LogP contribution is -2.47. The average Bonchev–Trinajstić information content (AvgIpc) is 2.08. The van der Waals surface area contributed by atoms with Gasteiger partial charge in [-0.05, 0) is 45.1 Å². The van der Waals surface area contributed by atoms with Crippen molar-refractivity contribution in [3.8, 4) is 0 Å². The quantitative estimate of drug-likeness (QED) is 0.752. The van der Waals surface area contributed by atoms with Gasteiger partial charge in [0.05, 0.1) is 0 Å². The molecule has 0 aliphatic heterocycles. The second kappa shape index (κ2) is 6.39. The van der Waals surface area contributed by atoms with Crippen molar-refractivity contribution in [3.05, 3.63) is 0 Å². The maximum Gasteiger partial charge on any atom is 0.223 e. The smallest absolute Gasteiger partial charge is 0.223 e. The van der Waals surface area contributed by atoms with Crippen LogP contribution in [0, 0.1) is 11.3 Å². The van der Waals surface area contributed by atoms with Gasteiger partial charge in [0.25, 0.3) is 0 Å². The van der Waals surface area contributed by atoms with Crippen molar-refractivity contribution in [1.29, 1.82) is 0 Å². The predicted molar refractivity (Wildman–Crippen MR) is 73.7 cm³/mol. The van der Waals surface area contributed by atoms with Crippen molar-refractivity contribution < 1.29 is 4.79 Å². The molecule has 0 fully saturated rings. The van der Waals surface area contributed by atoms with Crippen molar-refractivity contribution in [3.63, 3.8) is 0 Å². The van der Waals surface area contributed by atoms with E-state index in [0.29, 0.717) is 6.54 Å². The lowest BCUT2D eigenvalue weighted by Gasteiger charge is -2.34. The Labute approximate surface area is 107 Å². The molecule has 0 radical (unpaired) electrons. The van der Waals surface area contributed by atoms with Gasteiger partial charge in [-0.1, -0.05) is 27.7 Å². The standard InChI is InChI=1S/C14H30N2O/c1-11(8-7-9-15)12(17)16-14(5,6)10-13(2,3)4/h11H,7-10,15H2,1-6H3,(H,16,17). The summed E-state index contributed by atoms with van der Waals surface area (Å²) in [6, 6.07) is 0. The number of carbonyl (C=O) groups excluding carboxylic acids is 1. The van der Waals surface area contributed by atoms with Gasteiger partial charge in [0.1, 0.15) is 0 Å². The number of rotatable bonds is 6. The minimum atomic E-state index is -0.147. The van der Waals surface area contributed by atoms with Crippen LogP contribution in [0.4, 0.5) is 0 Å². The average molecular weight is 242 g/mol. The lowest BCUT2D eigenvalue weighted by atomic mass is 9.81. The van der Waals surface area contributed by atoms with Crippen LogP contribution in [0.3, 0.4) is 0 Å². The maximum atomic E-state index is 12.0. The highest BCUT2D eigenvalue weighted by molar-refractivity contribution is 5.78. The molecular weight excluding hydrogens is 212 g/mol. The predicted octanol–water partition coefficient (Wildman–Crippen LogP) is 2.69. The third kappa shape index (κ3) is 8.19. The number of hydrogen-bond acceptors (Lipinski definition) is 2. The van der Waals surface area contributed by atoms with Gasteiger partial charge < -0.3 is 11.1 Å². The molecule has 1 atom stereocenters. The minimum absolute atomic E-state index is 0.0535. The van der Waals surface area contributed by atoms with E-state index in [9.17, 15) is 4.79 Å². The molecule has 0 aromatic heterocycles. The lowest BCUT2D eigenvalue weighted by molar-refractivity contribution is -0.126. The Bertz CT molecular complexity index is 241. The Morgan fingerprint density at radius 3 is 2.18 bits per heavy atom. The first kappa shape index (κ1) is 16.4. The summed E-state index contributed by atoms with van der Waals surface area (Å²) in [6.07, 6.45) is 2.75. The fourth-order valence-corrected chi connectivity index (χ4v) is 2.38. The van der Waals surface area contributed by atoms with Crippen molar-refractivity contribution in [2.45, 2.75) is 66.3 Å². The third-order valence-corrected chi connectivity index (χ3v) is 2.72. The zero-order chi connectivity index (χ0) is 13.7. The summed E-state index contributed by atoms with van der Waals surface area (Å²) in [7, 11) is 0. The zero-order valence-corrected chi connectivity index (χ0v) is 12.4. The molecule has 1 amide bonds. The highest BCUT2D eigenvalue weighted by Crippen LogP contribution is 2.27. The Balaban J connectivity index is 4.26. The topological polar surface area (TPSA) is 55.1 Å². The first-order chi connectivity index (χ1) is 7.57. The number of hydrogen-bond donors (Lipinski definition) is 2. The summed E-state index contributed by atoms with van der Waals surface area (Å²) < 4.78 is 0. The molecule has 3 heteroatoms. The van der Waals surface area contributed by atoms with Gasteiger partial charge in [-0.25, -0.2) is 0 Å². The summed E-state index contributed by atoms with van der Waals surface area (Å²) in [5.41, 5.74) is 5.53. The number of amides is 1. The van der Waals surface area contributed by atoms with Gasteiger partial charge in [-0.3, -0.25) is 4.79 Å². The SMILES string of the molecule is CC(CCCN)C(=O)NC(C)(C)CC(C)(C)C. The molecule has 3 nitrogen and oxygen atoms in total. The summed E-state index contributed by atoms with van der Waals surface area (Å²) >= 11 is 0. The normalized spacial score (nSPS) is 14.5. The van der Waals surface area contributed by atoms with Crippen molar-refractivity contribution in [2.24, 2.45) is 17.1 Å². The number of carbonyl (C=O) groups is 1. The van der Waals surface area contributed by atoms with E-state index >= 15 is 0 Å². The second-order valence-corrected chi connectivity index (χ2v) is 6.94. The van der Waals surface area contributed by atoms with Crippen LogP contribution in [0.5, 0.6) is 0 Å². The van der Waals surface area contributed by atoms with Gasteiger partial charge >= 0.3 is 0 Å². The second-order valence-electron chi connectivity index (χ2n) is 6.94. The molecule has 0 heterocycles. The molecule has 0 bridgehead atoms. The van der Waals surface area contributed by atoms with Crippen LogP contribution < -0.4 is 11.1 Å². The Hall–Kier alpha value is -0.570. The Morgan fingerprint density at radius 2 is 1.76 bits per heavy atom. The van der Waals surface area contributed by atoms with Crippen LogP contribution in [-0.4, -0.2) is 18.0 Å². The largest absolute Gasteiger partial charge is 0.351 e. The fourth-order valence-electron chi connectivity index (χ4n) is 2.38. The van der Waals surface area contributed by atoms with Crippen molar-refractivity contribution >= 4 is 5.91 Å². The molecule has 17 heavy (non-hydrogen) atoms. The molecule has 3 N–H and O–H groups in total. The first-order valence-corrected chi connectivity index (χ1v) is 6.59. The van der Waals surface area contributed by atoms with Gasteiger partial charge in [-0.15, -0.1) is 0 Å². The van der Waals surface area contributed by atoms with Crippen molar-refractivity contribution in [1.82, 2.24) is 5.32 Å². The van der Waals surface area contributed by atoms with E-state index in [-0.39, 0.29) is 22.8 Å². The van der Waals surface area contributed by atoms with E-state index < -0.39 is 0 Å². The van der Waals surface area contributed by atoms with Crippen LogP contribution in [0.15, 0.2) is 0 Å². The summed E-state index contributed by atoms with van der Waals surface area (Å²) in [6.45, 7) is 13.4. The van der Waals surface area contributed by atoms with E-state index in [0.717, 1.165) is 19.3 Å². The molecule has 0 aliphatic carbocycles. The number of nitrogens with one attached hydrogen (secondary N) is 1. The van der Waals surface area contributed by atoms with Gasteiger partial charge in [0, 0.05) is 11.5 Å². The summed E-state index contributed by atoms with van der Waals surface area (Å²) in [5, 5.41) is 3.14. The fraction of sp³-hybridized carbons (Fsp3) is 0.929. The van der Waals surface area contributed by atoms with Crippen LogP contribution in [0.2, 0.25) is 0 Å².